The standard InChI is InChI=1S/C18H16O5/c1-2-22-18(21)14-12(9-6-4-3-5-7-9)16(20)15-13(14)11-8-10(19)17(15)23-11/h3-7,11,13,15,17H,2,8H2,1H3/t11-,13+,15+,17+/m0/s1. The fraction of sp³-hybridized carbons (Fsp3) is 0.389. The number of ketones is 2. The summed E-state index contributed by atoms with van der Waals surface area (Å²) in [6.07, 6.45) is -0.824. The molecule has 3 aliphatic rings. The number of allylic oxidation sites excluding steroid dienone is 1. The van der Waals surface area contributed by atoms with E-state index in [1.54, 1.807) is 19.1 Å². The summed E-state index contributed by atoms with van der Waals surface area (Å²) in [4.78, 5) is 37.4. The van der Waals surface area contributed by atoms with E-state index < -0.39 is 18.0 Å². The highest BCUT2D eigenvalue weighted by Crippen LogP contribution is 2.53. The highest BCUT2D eigenvalue weighted by molar-refractivity contribution is 6.31. The van der Waals surface area contributed by atoms with E-state index in [4.69, 9.17) is 9.47 Å². The maximum Gasteiger partial charge on any atom is 0.335 e. The second-order valence-electron chi connectivity index (χ2n) is 6.06. The number of hydrogen-bond donors (Lipinski definition) is 0. The summed E-state index contributed by atoms with van der Waals surface area (Å²) in [5, 5.41) is 0. The van der Waals surface area contributed by atoms with Gasteiger partial charge in [0.25, 0.3) is 0 Å². The van der Waals surface area contributed by atoms with Crippen molar-refractivity contribution in [2.75, 3.05) is 6.61 Å². The molecule has 23 heavy (non-hydrogen) atoms. The molecule has 4 atom stereocenters. The van der Waals surface area contributed by atoms with Crippen molar-refractivity contribution in [2.24, 2.45) is 11.8 Å². The Bertz CT molecular complexity index is 733. The number of hydrogen-bond acceptors (Lipinski definition) is 5. The minimum absolute atomic E-state index is 0.0397. The zero-order chi connectivity index (χ0) is 16.1. The van der Waals surface area contributed by atoms with Crippen LogP contribution in [0.5, 0.6) is 0 Å². The van der Waals surface area contributed by atoms with Crippen molar-refractivity contribution in [3.63, 3.8) is 0 Å². The first kappa shape index (κ1) is 14.3. The SMILES string of the molecule is CCOC(=O)C1=C(c2ccccc2)C(=O)[C@H]2[C@@H]1[C@@H]1CC(=O)[C@H]2O1. The first-order chi connectivity index (χ1) is 11.1. The van der Waals surface area contributed by atoms with E-state index in [-0.39, 0.29) is 36.6 Å². The molecule has 5 heteroatoms. The fourth-order valence-corrected chi connectivity index (χ4v) is 4.02. The summed E-state index contributed by atoms with van der Waals surface area (Å²) < 4.78 is 10.8. The van der Waals surface area contributed by atoms with Gasteiger partial charge in [-0.2, -0.15) is 0 Å². The van der Waals surface area contributed by atoms with Crippen molar-refractivity contribution in [1.82, 2.24) is 0 Å². The van der Waals surface area contributed by atoms with E-state index >= 15 is 0 Å². The van der Waals surface area contributed by atoms with Crippen LogP contribution in [0.1, 0.15) is 18.9 Å². The lowest BCUT2D eigenvalue weighted by molar-refractivity contribution is -0.139. The maximum atomic E-state index is 12.9. The van der Waals surface area contributed by atoms with Gasteiger partial charge in [-0.3, -0.25) is 9.59 Å². The molecule has 2 saturated heterocycles. The van der Waals surface area contributed by atoms with Crippen LogP contribution in [-0.4, -0.2) is 36.4 Å². The number of benzene rings is 1. The molecule has 4 rings (SSSR count). The van der Waals surface area contributed by atoms with Gasteiger partial charge in [0, 0.05) is 17.9 Å². The number of carbonyl (C=O) groups excluding carboxylic acids is 3. The van der Waals surface area contributed by atoms with Crippen LogP contribution in [0.25, 0.3) is 5.57 Å². The lowest BCUT2D eigenvalue weighted by atomic mass is 9.78. The Balaban J connectivity index is 1.86. The summed E-state index contributed by atoms with van der Waals surface area (Å²) in [6, 6.07) is 9.10. The van der Waals surface area contributed by atoms with Crippen LogP contribution in [0, 0.1) is 11.8 Å². The Labute approximate surface area is 133 Å². The predicted molar refractivity (Wildman–Crippen MR) is 80.3 cm³/mol. The largest absolute Gasteiger partial charge is 0.463 e. The molecule has 0 amide bonds. The minimum atomic E-state index is -0.705. The molecule has 118 valence electrons. The molecule has 0 aromatic heterocycles. The molecule has 0 unspecified atom stereocenters. The van der Waals surface area contributed by atoms with Gasteiger partial charge in [-0.25, -0.2) is 4.79 Å². The van der Waals surface area contributed by atoms with Gasteiger partial charge >= 0.3 is 5.97 Å². The van der Waals surface area contributed by atoms with E-state index in [0.29, 0.717) is 16.7 Å². The Hall–Kier alpha value is -2.27. The Morgan fingerprint density at radius 3 is 2.65 bits per heavy atom. The van der Waals surface area contributed by atoms with Crippen LogP contribution < -0.4 is 0 Å². The smallest absolute Gasteiger partial charge is 0.335 e. The van der Waals surface area contributed by atoms with Crippen molar-refractivity contribution in [2.45, 2.75) is 25.6 Å². The van der Waals surface area contributed by atoms with E-state index in [0.717, 1.165) is 0 Å². The van der Waals surface area contributed by atoms with E-state index in [1.165, 1.54) is 0 Å². The van der Waals surface area contributed by atoms with Gasteiger partial charge in [-0.05, 0) is 12.5 Å². The number of esters is 1. The molecule has 0 spiro atoms. The van der Waals surface area contributed by atoms with Crippen LogP contribution in [-0.2, 0) is 23.9 Å². The van der Waals surface area contributed by atoms with E-state index in [2.05, 4.69) is 0 Å². The van der Waals surface area contributed by atoms with Crippen molar-refractivity contribution in [1.29, 1.82) is 0 Å². The molecule has 1 aliphatic carbocycles. The lowest BCUT2D eigenvalue weighted by Gasteiger charge is -2.20. The Morgan fingerprint density at radius 2 is 1.96 bits per heavy atom. The summed E-state index contributed by atoms with van der Waals surface area (Å²) in [6.45, 7) is 1.97. The first-order valence-corrected chi connectivity index (χ1v) is 7.82. The topological polar surface area (TPSA) is 69.7 Å². The second-order valence-corrected chi connectivity index (χ2v) is 6.06. The highest BCUT2D eigenvalue weighted by Gasteiger charge is 2.63. The van der Waals surface area contributed by atoms with E-state index in [9.17, 15) is 14.4 Å². The molecule has 2 bridgehead atoms. The average molecular weight is 312 g/mol. The van der Waals surface area contributed by atoms with Gasteiger partial charge in [0.05, 0.1) is 24.2 Å². The van der Waals surface area contributed by atoms with Crippen molar-refractivity contribution >= 4 is 23.1 Å². The summed E-state index contributed by atoms with van der Waals surface area (Å²) in [5.41, 5.74) is 1.47. The van der Waals surface area contributed by atoms with Gasteiger partial charge in [0.15, 0.2) is 11.6 Å². The molecule has 2 fully saturated rings. The van der Waals surface area contributed by atoms with Crippen molar-refractivity contribution in [3.8, 4) is 0 Å². The van der Waals surface area contributed by atoms with Crippen LogP contribution in [0.2, 0.25) is 0 Å². The number of carbonyl (C=O) groups is 3. The Kier molecular flexibility index (Phi) is 3.20. The molecule has 2 heterocycles. The zero-order valence-electron chi connectivity index (χ0n) is 12.7. The van der Waals surface area contributed by atoms with Gasteiger partial charge in [0.2, 0.25) is 0 Å². The third-order valence-electron chi connectivity index (χ3n) is 4.86. The van der Waals surface area contributed by atoms with Gasteiger partial charge < -0.3 is 9.47 Å². The second kappa shape index (κ2) is 5.13. The molecule has 0 saturated carbocycles. The maximum absolute atomic E-state index is 12.9. The molecule has 0 N–H and O–H groups in total. The Morgan fingerprint density at radius 1 is 1.22 bits per heavy atom. The molecule has 2 aliphatic heterocycles. The summed E-state index contributed by atoms with van der Waals surface area (Å²) in [7, 11) is 0. The van der Waals surface area contributed by atoms with Crippen molar-refractivity contribution in [3.05, 3.63) is 41.5 Å². The highest BCUT2D eigenvalue weighted by atomic mass is 16.5. The lowest BCUT2D eigenvalue weighted by Crippen LogP contribution is -2.36. The first-order valence-electron chi connectivity index (χ1n) is 7.82. The molecule has 1 aromatic carbocycles. The number of ether oxygens (including phenoxy) is 2. The number of fused-ring (bicyclic) bond motifs is 5. The van der Waals surface area contributed by atoms with Crippen LogP contribution in [0.15, 0.2) is 35.9 Å². The van der Waals surface area contributed by atoms with Gasteiger partial charge in [-0.1, -0.05) is 30.3 Å². The quantitative estimate of drug-likeness (QED) is 0.792. The molecule has 5 nitrogen and oxygen atoms in total. The zero-order valence-corrected chi connectivity index (χ0v) is 12.7. The molecular formula is C18H16O5. The van der Waals surface area contributed by atoms with Gasteiger partial charge in [-0.15, -0.1) is 0 Å². The normalized spacial score (nSPS) is 31.7. The predicted octanol–water partition coefficient (Wildman–Crippen LogP) is 1.56. The fourth-order valence-electron chi connectivity index (χ4n) is 4.02. The third-order valence-corrected chi connectivity index (χ3v) is 4.86. The van der Waals surface area contributed by atoms with Gasteiger partial charge in [0.1, 0.15) is 6.10 Å². The summed E-state index contributed by atoms with van der Waals surface area (Å²) in [5.74, 6) is -1.63. The van der Waals surface area contributed by atoms with Crippen LogP contribution in [0.3, 0.4) is 0 Å². The minimum Gasteiger partial charge on any atom is -0.463 e. The molecule has 0 radical (unpaired) electrons. The molecule has 1 aromatic rings. The van der Waals surface area contributed by atoms with Crippen LogP contribution in [0.4, 0.5) is 0 Å². The average Bonchev–Trinajstić information content (AvgIpc) is 3.18. The van der Waals surface area contributed by atoms with Crippen molar-refractivity contribution < 1.29 is 23.9 Å². The third kappa shape index (κ3) is 1.93. The monoisotopic (exact) mass is 312 g/mol. The number of Topliss-reactive ketones (excluding diaryl/α,β-unsaturated/α-hetero) is 2. The number of rotatable bonds is 3. The molecular weight excluding hydrogens is 296 g/mol. The van der Waals surface area contributed by atoms with E-state index in [1.807, 2.05) is 18.2 Å². The van der Waals surface area contributed by atoms with Crippen LogP contribution >= 0.6 is 0 Å². The summed E-state index contributed by atoms with van der Waals surface area (Å²) >= 11 is 0.